The fraction of sp³-hybridized carbons (Fsp3) is 0.632. The van der Waals surface area contributed by atoms with Crippen molar-refractivity contribution < 1.29 is 4.79 Å². The first kappa shape index (κ1) is 24.2. The Balaban J connectivity index is 0.00000288. The Morgan fingerprint density at radius 1 is 1.28 bits per heavy atom. The number of amides is 1. The summed E-state index contributed by atoms with van der Waals surface area (Å²) in [5.74, 6) is 0.725. The second-order valence-electron chi connectivity index (χ2n) is 7.08. The number of carbonyl (C=O) groups is 1. The standard InChI is InChI=1S/C19H31N3O.2ClH/c1-16-9-8-14-22(15-16)13-7-6-12-21-18(23)19(2,20)17-10-4-3-5-11-17;;/h3-5,10-11,16H,6-9,12-15,20H2,1-2H3,(H,21,23);2*1H. The van der Waals surface area contributed by atoms with Crippen LogP contribution in [0.15, 0.2) is 30.3 Å². The first-order valence-electron chi connectivity index (χ1n) is 8.85. The van der Waals surface area contributed by atoms with Gasteiger partial charge in [-0.2, -0.15) is 0 Å². The highest BCUT2D eigenvalue weighted by Crippen LogP contribution is 2.17. The van der Waals surface area contributed by atoms with Gasteiger partial charge in [-0.25, -0.2) is 0 Å². The first-order valence-corrected chi connectivity index (χ1v) is 8.85. The van der Waals surface area contributed by atoms with Crippen LogP contribution >= 0.6 is 24.8 Å². The molecule has 2 unspecified atom stereocenters. The quantitative estimate of drug-likeness (QED) is 0.702. The molecule has 1 aliphatic rings. The number of carbonyl (C=O) groups excluding carboxylic acids is 1. The molecule has 0 radical (unpaired) electrons. The third kappa shape index (κ3) is 7.53. The molecule has 144 valence electrons. The van der Waals surface area contributed by atoms with E-state index in [2.05, 4.69) is 17.1 Å². The molecule has 0 aromatic heterocycles. The molecule has 3 N–H and O–H groups in total. The van der Waals surface area contributed by atoms with Gasteiger partial charge < -0.3 is 16.0 Å². The molecule has 1 heterocycles. The second kappa shape index (κ2) is 11.7. The summed E-state index contributed by atoms with van der Waals surface area (Å²) in [5.41, 5.74) is 6.09. The molecule has 2 atom stereocenters. The number of halogens is 2. The minimum Gasteiger partial charge on any atom is -0.354 e. The van der Waals surface area contributed by atoms with Gasteiger partial charge >= 0.3 is 0 Å². The van der Waals surface area contributed by atoms with Gasteiger partial charge in [0.1, 0.15) is 5.54 Å². The van der Waals surface area contributed by atoms with Crippen LogP contribution in [0.2, 0.25) is 0 Å². The molecule has 1 aliphatic heterocycles. The summed E-state index contributed by atoms with van der Waals surface area (Å²) in [5, 5.41) is 2.99. The van der Waals surface area contributed by atoms with E-state index in [4.69, 9.17) is 5.73 Å². The zero-order chi connectivity index (χ0) is 16.7. The van der Waals surface area contributed by atoms with Gasteiger partial charge in [-0.05, 0) is 57.2 Å². The highest BCUT2D eigenvalue weighted by Gasteiger charge is 2.29. The molecule has 0 bridgehead atoms. The predicted octanol–water partition coefficient (Wildman–Crippen LogP) is 3.33. The molecule has 1 aromatic carbocycles. The minimum absolute atomic E-state index is 0. The number of hydrogen-bond donors (Lipinski definition) is 2. The van der Waals surface area contributed by atoms with Gasteiger partial charge in [0.2, 0.25) is 5.91 Å². The van der Waals surface area contributed by atoms with Crippen LogP contribution in [0.25, 0.3) is 0 Å². The van der Waals surface area contributed by atoms with E-state index in [1.54, 1.807) is 6.92 Å². The molecule has 1 fully saturated rings. The van der Waals surface area contributed by atoms with E-state index in [0.29, 0.717) is 6.54 Å². The minimum atomic E-state index is -0.969. The van der Waals surface area contributed by atoms with Crippen molar-refractivity contribution in [2.75, 3.05) is 26.2 Å². The number of hydrogen-bond acceptors (Lipinski definition) is 3. The Kier molecular flexibility index (Phi) is 11.4. The number of rotatable bonds is 7. The number of unbranched alkanes of at least 4 members (excludes halogenated alkanes) is 1. The Labute approximate surface area is 164 Å². The average molecular weight is 390 g/mol. The fourth-order valence-electron chi connectivity index (χ4n) is 3.25. The van der Waals surface area contributed by atoms with Gasteiger partial charge in [0.05, 0.1) is 0 Å². The molecule has 0 saturated carbocycles. The summed E-state index contributed by atoms with van der Waals surface area (Å²) in [6, 6.07) is 9.55. The normalized spacial score (nSPS) is 19.9. The average Bonchev–Trinajstić information content (AvgIpc) is 2.55. The molecule has 6 heteroatoms. The maximum absolute atomic E-state index is 12.3. The van der Waals surface area contributed by atoms with Crippen LogP contribution in [0.1, 0.15) is 45.1 Å². The van der Waals surface area contributed by atoms with E-state index >= 15 is 0 Å². The van der Waals surface area contributed by atoms with Crippen molar-refractivity contribution in [2.45, 2.75) is 45.1 Å². The van der Waals surface area contributed by atoms with Crippen molar-refractivity contribution in [1.29, 1.82) is 0 Å². The third-order valence-corrected chi connectivity index (χ3v) is 4.77. The van der Waals surface area contributed by atoms with Gasteiger partial charge in [0, 0.05) is 13.1 Å². The van der Waals surface area contributed by atoms with Gasteiger partial charge in [0.15, 0.2) is 0 Å². The summed E-state index contributed by atoms with van der Waals surface area (Å²) >= 11 is 0. The highest BCUT2D eigenvalue weighted by atomic mass is 35.5. The van der Waals surface area contributed by atoms with Crippen molar-refractivity contribution in [3.05, 3.63) is 35.9 Å². The summed E-state index contributed by atoms with van der Waals surface area (Å²) in [6.07, 6.45) is 4.81. The van der Waals surface area contributed by atoms with Gasteiger partial charge in [-0.15, -0.1) is 24.8 Å². The summed E-state index contributed by atoms with van der Waals surface area (Å²) < 4.78 is 0. The summed E-state index contributed by atoms with van der Waals surface area (Å²) in [4.78, 5) is 14.9. The van der Waals surface area contributed by atoms with E-state index in [1.165, 1.54) is 25.9 Å². The number of nitrogens with one attached hydrogen (secondary N) is 1. The number of benzene rings is 1. The monoisotopic (exact) mass is 389 g/mol. The largest absolute Gasteiger partial charge is 0.354 e. The SMILES string of the molecule is CC1CCCN(CCCCNC(=O)C(C)(N)c2ccccc2)C1.Cl.Cl. The van der Waals surface area contributed by atoms with Crippen molar-refractivity contribution in [1.82, 2.24) is 10.2 Å². The molecule has 0 spiro atoms. The summed E-state index contributed by atoms with van der Waals surface area (Å²) in [6.45, 7) is 8.39. The fourth-order valence-corrected chi connectivity index (χ4v) is 3.25. The molecule has 0 aliphatic carbocycles. The number of likely N-dealkylation sites (tertiary alicyclic amines) is 1. The molecule has 4 nitrogen and oxygen atoms in total. The van der Waals surface area contributed by atoms with Crippen molar-refractivity contribution in [3.63, 3.8) is 0 Å². The molecule has 1 aromatic rings. The smallest absolute Gasteiger partial charge is 0.244 e. The third-order valence-electron chi connectivity index (χ3n) is 4.77. The van der Waals surface area contributed by atoms with Crippen LogP contribution in [0.3, 0.4) is 0 Å². The number of piperidine rings is 1. The predicted molar refractivity (Wildman–Crippen MR) is 110 cm³/mol. The zero-order valence-corrected chi connectivity index (χ0v) is 17.0. The van der Waals surface area contributed by atoms with Crippen molar-refractivity contribution in [2.24, 2.45) is 11.7 Å². The van der Waals surface area contributed by atoms with Gasteiger partial charge in [0.25, 0.3) is 0 Å². The second-order valence-corrected chi connectivity index (χ2v) is 7.08. The maximum Gasteiger partial charge on any atom is 0.244 e. The highest BCUT2D eigenvalue weighted by molar-refractivity contribution is 5.87. The Morgan fingerprint density at radius 3 is 2.60 bits per heavy atom. The van der Waals surface area contributed by atoms with Gasteiger partial charge in [-0.1, -0.05) is 37.3 Å². The Morgan fingerprint density at radius 2 is 1.96 bits per heavy atom. The van der Waals surface area contributed by atoms with Crippen LogP contribution in [0.5, 0.6) is 0 Å². The van der Waals surface area contributed by atoms with E-state index in [1.807, 2.05) is 30.3 Å². The van der Waals surface area contributed by atoms with Gasteiger partial charge in [-0.3, -0.25) is 4.79 Å². The Hall–Kier alpha value is -0.810. The van der Waals surface area contributed by atoms with E-state index in [0.717, 1.165) is 30.9 Å². The first-order chi connectivity index (χ1) is 11.0. The van der Waals surface area contributed by atoms with Crippen LogP contribution in [-0.4, -0.2) is 37.0 Å². The molecular formula is C19H33Cl2N3O. The lowest BCUT2D eigenvalue weighted by molar-refractivity contribution is -0.126. The van der Waals surface area contributed by atoms with Crippen LogP contribution in [0, 0.1) is 5.92 Å². The number of nitrogens with zero attached hydrogens (tertiary/aromatic N) is 1. The van der Waals surface area contributed by atoms with Crippen molar-refractivity contribution >= 4 is 30.7 Å². The molecule has 1 saturated heterocycles. The van der Waals surface area contributed by atoms with E-state index in [-0.39, 0.29) is 30.7 Å². The maximum atomic E-state index is 12.3. The molecular weight excluding hydrogens is 357 g/mol. The topological polar surface area (TPSA) is 58.4 Å². The van der Waals surface area contributed by atoms with Crippen molar-refractivity contribution in [3.8, 4) is 0 Å². The van der Waals surface area contributed by atoms with Crippen LogP contribution in [-0.2, 0) is 10.3 Å². The zero-order valence-electron chi connectivity index (χ0n) is 15.4. The molecule has 2 rings (SSSR count). The van der Waals surface area contributed by atoms with Crippen LogP contribution in [0.4, 0.5) is 0 Å². The Bertz CT molecular complexity index is 497. The van der Waals surface area contributed by atoms with E-state index in [9.17, 15) is 4.79 Å². The van der Waals surface area contributed by atoms with E-state index < -0.39 is 5.54 Å². The lowest BCUT2D eigenvalue weighted by atomic mass is 9.92. The summed E-state index contributed by atoms with van der Waals surface area (Å²) in [7, 11) is 0. The lowest BCUT2D eigenvalue weighted by Gasteiger charge is -2.30. The number of nitrogens with two attached hydrogens (primary N) is 1. The molecule has 1 amide bonds. The lowest BCUT2D eigenvalue weighted by Crippen LogP contribution is -2.49. The van der Waals surface area contributed by atoms with Crippen LogP contribution < -0.4 is 11.1 Å². The molecule has 25 heavy (non-hydrogen) atoms.